The highest BCUT2D eigenvalue weighted by molar-refractivity contribution is 7.89. The van der Waals surface area contributed by atoms with Crippen molar-refractivity contribution in [1.29, 1.82) is 0 Å². The van der Waals surface area contributed by atoms with Crippen LogP contribution >= 0.6 is 11.3 Å². The minimum Gasteiger partial charge on any atom is -0.267 e. The van der Waals surface area contributed by atoms with Crippen LogP contribution in [0.5, 0.6) is 0 Å². The second kappa shape index (κ2) is 7.03. The van der Waals surface area contributed by atoms with Crippen molar-refractivity contribution in [2.24, 2.45) is 5.10 Å². The van der Waals surface area contributed by atoms with E-state index in [-0.39, 0.29) is 10.5 Å². The first-order chi connectivity index (χ1) is 10.8. The summed E-state index contributed by atoms with van der Waals surface area (Å²) < 4.78 is 25.2. The Morgan fingerprint density at radius 3 is 2.61 bits per heavy atom. The van der Waals surface area contributed by atoms with Gasteiger partial charge in [0.1, 0.15) is 0 Å². The van der Waals surface area contributed by atoms with Crippen LogP contribution in [0.1, 0.15) is 20.1 Å². The second-order valence-electron chi connectivity index (χ2n) is 4.96. The van der Waals surface area contributed by atoms with Crippen molar-refractivity contribution >= 4 is 33.5 Å². The Hall–Kier alpha value is -2.03. The molecule has 0 saturated heterocycles. The SMILES string of the molecule is Cc1ccc(/C=N\NC(=O)c2cccc(S(=O)(=O)N(C)C)c2)s1. The summed E-state index contributed by atoms with van der Waals surface area (Å²) in [6.07, 6.45) is 1.55. The number of sulfonamides is 1. The predicted molar refractivity (Wildman–Crippen MR) is 91.4 cm³/mol. The molecule has 0 unspecified atom stereocenters. The molecule has 0 saturated carbocycles. The standard InChI is InChI=1S/C15H17N3O3S2/c1-11-7-8-13(22-11)10-16-17-15(19)12-5-4-6-14(9-12)23(20,21)18(2)3/h4-10H,1-3H3,(H,17,19)/b16-10-. The van der Waals surface area contributed by atoms with Crippen LogP contribution in [0.25, 0.3) is 0 Å². The van der Waals surface area contributed by atoms with Gasteiger partial charge < -0.3 is 0 Å². The van der Waals surface area contributed by atoms with Crippen LogP contribution in [0.4, 0.5) is 0 Å². The van der Waals surface area contributed by atoms with Crippen molar-refractivity contribution in [2.75, 3.05) is 14.1 Å². The van der Waals surface area contributed by atoms with Crippen LogP contribution < -0.4 is 5.43 Å². The van der Waals surface area contributed by atoms with E-state index in [2.05, 4.69) is 10.5 Å². The van der Waals surface area contributed by atoms with Gasteiger partial charge in [-0.1, -0.05) is 6.07 Å². The summed E-state index contributed by atoms with van der Waals surface area (Å²) in [4.78, 5) is 14.2. The van der Waals surface area contributed by atoms with Gasteiger partial charge in [-0.25, -0.2) is 18.1 Å². The number of hydrazone groups is 1. The first-order valence-electron chi connectivity index (χ1n) is 6.73. The summed E-state index contributed by atoms with van der Waals surface area (Å²) in [7, 11) is -0.697. The molecule has 0 aliphatic heterocycles. The Kier molecular flexibility index (Phi) is 5.30. The van der Waals surface area contributed by atoms with Crippen molar-refractivity contribution in [3.8, 4) is 0 Å². The highest BCUT2D eigenvalue weighted by atomic mass is 32.2. The maximum atomic E-state index is 12.1. The molecule has 0 atom stereocenters. The van der Waals surface area contributed by atoms with Crippen molar-refractivity contribution in [1.82, 2.24) is 9.73 Å². The number of carbonyl (C=O) groups is 1. The molecule has 2 rings (SSSR count). The molecule has 1 heterocycles. The molecular formula is C15H17N3O3S2. The molecule has 1 amide bonds. The molecule has 6 nitrogen and oxygen atoms in total. The monoisotopic (exact) mass is 351 g/mol. The Morgan fingerprint density at radius 1 is 1.26 bits per heavy atom. The van der Waals surface area contributed by atoms with Crippen LogP contribution in [-0.2, 0) is 10.0 Å². The number of rotatable bonds is 5. The van der Waals surface area contributed by atoms with E-state index in [1.54, 1.807) is 17.6 Å². The molecule has 2 aromatic rings. The molecule has 8 heteroatoms. The zero-order valence-electron chi connectivity index (χ0n) is 13.0. The molecule has 122 valence electrons. The first-order valence-corrected chi connectivity index (χ1v) is 8.99. The van der Waals surface area contributed by atoms with Gasteiger partial charge in [0.05, 0.1) is 11.1 Å². The molecule has 23 heavy (non-hydrogen) atoms. The number of nitrogens with zero attached hydrogens (tertiary/aromatic N) is 2. The molecule has 1 aromatic heterocycles. The third kappa shape index (κ3) is 4.25. The normalized spacial score (nSPS) is 12.0. The van der Waals surface area contributed by atoms with Crippen molar-refractivity contribution in [3.63, 3.8) is 0 Å². The lowest BCUT2D eigenvalue weighted by Crippen LogP contribution is -2.23. The minimum absolute atomic E-state index is 0.0630. The fraction of sp³-hybridized carbons (Fsp3) is 0.200. The molecular weight excluding hydrogens is 334 g/mol. The number of benzene rings is 1. The number of thiophene rings is 1. The molecule has 0 aliphatic carbocycles. The van der Waals surface area contributed by atoms with E-state index in [1.807, 2.05) is 19.1 Å². The largest absolute Gasteiger partial charge is 0.271 e. The van der Waals surface area contributed by atoms with E-state index in [0.29, 0.717) is 0 Å². The van der Waals surface area contributed by atoms with Gasteiger partial charge in [-0.15, -0.1) is 11.3 Å². The summed E-state index contributed by atoms with van der Waals surface area (Å²) in [5.74, 6) is -0.467. The summed E-state index contributed by atoms with van der Waals surface area (Å²) >= 11 is 1.56. The number of carbonyl (C=O) groups excluding carboxylic acids is 1. The number of hydrogen-bond donors (Lipinski definition) is 1. The van der Waals surface area contributed by atoms with E-state index in [0.717, 1.165) is 14.1 Å². The average molecular weight is 351 g/mol. The fourth-order valence-electron chi connectivity index (χ4n) is 1.75. The third-order valence-electron chi connectivity index (χ3n) is 2.99. The van der Waals surface area contributed by atoms with E-state index < -0.39 is 15.9 Å². The lowest BCUT2D eigenvalue weighted by molar-refractivity contribution is 0.0955. The number of hydrogen-bond acceptors (Lipinski definition) is 5. The fourth-order valence-corrected chi connectivity index (χ4v) is 3.45. The molecule has 0 spiro atoms. The number of aryl methyl sites for hydroxylation is 1. The van der Waals surface area contributed by atoms with E-state index in [4.69, 9.17) is 0 Å². The Labute approximate surface area is 139 Å². The van der Waals surface area contributed by atoms with Crippen LogP contribution in [0.2, 0.25) is 0 Å². The molecule has 0 bridgehead atoms. The lowest BCUT2D eigenvalue weighted by atomic mass is 10.2. The van der Waals surface area contributed by atoms with E-state index in [9.17, 15) is 13.2 Å². The molecule has 1 aromatic carbocycles. The molecule has 0 fully saturated rings. The highest BCUT2D eigenvalue weighted by Gasteiger charge is 2.18. The third-order valence-corrected chi connectivity index (χ3v) is 5.74. The maximum Gasteiger partial charge on any atom is 0.271 e. The van der Waals surface area contributed by atoms with E-state index in [1.165, 1.54) is 38.4 Å². The Morgan fingerprint density at radius 2 is 2.00 bits per heavy atom. The lowest BCUT2D eigenvalue weighted by Gasteiger charge is -2.11. The van der Waals surface area contributed by atoms with Gasteiger partial charge in [0.2, 0.25) is 10.0 Å². The summed E-state index contributed by atoms with van der Waals surface area (Å²) in [6, 6.07) is 9.70. The molecule has 0 aliphatic rings. The zero-order chi connectivity index (χ0) is 17.0. The van der Waals surface area contributed by atoms with Gasteiger partial charge in [-0.05, 0) is 37.3 Å². The van der Waals surface area contributed by atoms with Crippen LogP contribution in [0.3, 0.4) is 0 Å². The second-order valence-corrected chi connectivity index (χ2v) is 8.43. The first kappa shape index (κ1) is 17.3. The summed E-state index contributed by atoms with van der Waals surface area (Å²) in [5, 5.41) is 3.88. The van der Waals surface area contributed by atoms with E-state index >= 15 is 0 Å². The zero-order valence-corrected chi connectivity index (χ0v) is 14.6. The Balaban J connectivity index is 2.13. The van der Waals surface area contributed by atoms with Gasteiger partial charge in [0.25, 0.3) is 5.91 Å². The molecule has 1 N–H and O–H groups in total. The van der Waals surface area contributed by atoms with Crippen LogP contribution in [-0.4, -0.2) is 38.9 Å². The highest BCUT2D eigenvalue weighted by Crippen LogP contribution is 2.15. The van der Waals surface area contributed by atoms with Gasteiger partial charge in [0, 0.05) is 29.4 Å². The minimum atomic E-state index is -3.58. The van der Waals surface area contributed by atoms with Crippen molar-refractivity contribution in [3.05, 3.63) is 51.7 Å². The van der Waals surface area contributed by atoms with Crippen molar-refractivity contribution in [2.45, 2.75) is 11.8 Å². The van der Waals surface area contributed by atoms with Gasteiger partial charge in [0.15, 0.2) is 0 Å². The summed E-state index contributed by atoms with van der Waals surface area (Å²) in [5.41, 5.74) is 2.62. The smallest absolute Gasteiger partial charge is 0.267 e. The van der Waals surface area contributed by atoms with Gasteiger partial charge in [-0.2, -0.15) is 5.10 Å². The Bertz CT molecular complexity index is 839. The number of amides is 1. The molecule has 0 radical (unpaired) electrons. The number of nitrogens with one attached hydrogen (secondary N) is 1. The van der Waals surface area contributed by atoms with Crippen molar-refractivity contribution < 1.29 is 13.2 Å². The summed E-state index contributed by atoms with van der Waals surface area (Å²) in [6.45, 7) is 1.98. The van der Waals surface area contributed by atoms with Gasteiger partial charge in [-0.3, -0.25) is 4.79 Å². The average Bonchev–Trinajstić information content (AvgIpc) is 2.92. The maximum absolute atomic E-state index is 12.1. The quantitative estimate of drug-likeness (QED) is 0.661. The van der Waals surface area contributed by atoms with Gasteiger partial charge >= 0.3 is 0 Å². The van der Waals surface area contributed by atoms with Crippen LogP contribution in [0, 0.1) is 6.92 Å². The predicted octanol–water partition coefficient (Wildman–Crippen LogP) is 2.07. The topological polar surface area (TPSA) is 78.8 Å². The van der Waals surface area contributed by atoms with Crippen LogP contribution in [0.15, 0.2) is 46.4 Å².